The summed E-state index contributed by atoms with van der Waals surface area (Å²) in [6.07, 6.45) is 0.913. The quantitative estimate of drug-likeness (QED) is 0.409. The summed E-state index contributed by atoms with van der Waals surface area (Å²) in [4.78, 5) is 19.1. The summed E-state index contributed by atoms with van der Waals surface area (Å²) in [5.41, 5.74) is 7.40. The van der Waals surface area contributed by atoms with Crippen molar-refractivity contribution < 1.29 is 0 Å². The molecule has 2 aromatic heterocycles. The van der Waals surface area contributed by atoms with E-state index in [-0.39, 0.29) is 11.6 Å². The molecule has 0 unspecified atom stereocenters. The number of aryl methyl sites for hydroxylation is 2. The van der Waals surface area contributed by atoms with Gasteiger partial charge >= 0.3 is 0 Å². The molecule has 5 aromatic rings. The minimum absolute atomic E-state index is 0.104. The van der Waals surface area contributed by atoms with E-state index in [2.05, 4.69) is 80.9 Å². The number of fused-ring (bicyclic) bond motifs is 2. The normalized spacial score (nSPS) is 14.6. The highest BCUT2D eigenvalue weighted by molar-refractivity contribution is 5.83. The van der Waals surface area contributed by atoms with Crippen LogP contribution < -0.4 is 5.56 Å². The number of tetrazole rings is 1. The summed E-state index contributed by atoms with van der Waals surface area (Å²) in [6, 6.07) is 24.5. The Morgan fingerprint density at radius 1 is 0.972 bits per heavy atom. The van der Waals surface area contributed by atoms with Gasteiger partial charge in [-0.15, -0.1) is 5.10 Å². The molecule has 1 aliphatic heterocycles. The molecule has 1 N–H and O–H groups in total. The number of hydrogen-bond acceptors (Lipinski definition) is 5. The van der Waals surface area contributed by atoms with Crippen LogP contribution in [0.2, 0.25) is 0 Å². The van der Waals surface area contributed by atoms with Gasteiger partial charge < -0.3 is 4.98 Å². The van der Waals surface area contributed by atoms with Gasteiger partial charge in [-0.25, -0.2) is 4.68 Å². The minimum Gasteiger partial charge on any atom is -0.321 e. The highest BCUT2D eigenvalue weighted by Gasteiger charge is 2.32. The first-order valence-corrected chi connectivity index (χ1v) is 12.3. The van der Waals surface area contributed by atoms with Crippen LogP contribution in [0.1, 0.15) is 45.2 Å². The zero-order valence-electron chi connectivity index (χ0n) is 20.5. The lowest BCUT2D eigenvalue weighted by atomic mass is 9.95. The van der Waals surface area contributed by atoms with Gasteiger partial charge in [-0.1, -0.05) is 66.2 Å². The van der Waals surface area contributed by atoms with Gasteiger partial charge in [0, 0.05) is 18.7 Å². The lowest BCUT2D eigenvalue weighted by Gasteiger charge is -2.34. The van der Waals surface area contributed by atoms with Crippen LogP contribution in [-0.4, -0.2) is 36.6 Å². The number of rotatable bonds is 5. The van der Waals surface area contributed by atoms with Crippen LogP contribution in [0.25, 0.3) is 10.9 Å². The number of pyridine rings is 1. The Kier molecular flexibility index (Phi) is 5.70. The van der Waals surface area contributed by atoms with Crippen molar-refractivity contribution in [3.63, 3.8) is 0 Å². The van der Waals surface area contributed by atoms with E-state index < -0.39 is 0 Å². The summed E-state index contributed by atoms with van der Waals surface area (Å²) >= 11 is 0. The SMILES string of the molecule is Cc1cc(C)c2[nH]c(=O)c([C@H](c3nnnn3Cc3ccccc3)N3CCc4ccccc4C3)cc2c1. The van der Waals surface area contributed by atoms with E-state index >= 15 is 0 Å². The van der Waals surface area contributed by atoms with E-state index in [0.717, 1.165) is 47.1 Å². The van der Waals surface area contributed by atoms with E-state index in [1.807, 2.05) is 35.9 Å². The summed E-state index contributed by atoms with van der Waals surface area (Å²) in [7, 11) is 0. The van der Waals surface area contributed by atoms with Gasteiger partial charge in [0.1, 0.15) is 6.04 Å². The predicted octanol–water partition coefficient (Wildman–Crippen LogP) is 4.33. The average Bonchev–Trinajstić information content (AvgIpc) is 3.33. The second-order valence-electron chi connectivity index (χ2n) is 9.67. The molecule has 7 heteroatoms. The van der Waals surface area contributed by atoms with Gasteiger partial charge in [-0.2, -0.15) is 0 Å². The lowest BCUT2D eigenvalue weighted by molar-refractivity contribution is 0.194. The molecule has 180 valence electrons. The maximum Gasteiger partial charge on any atom is 0.253 e. The van der Waals surface area contributed by atoms with Crippen LogP contribution in [0, 0.1) is 13.8 Å². The maximum absolute atomic E-state index is 13.6. The zero-order chi connectivity index (χ0) is 24.6. The van der Waals surface area contributed by atoms with Gasteiger partial charge in [-0.05, 0) is 70.5 Å². The number of nitrogens with one attached hydrogen (secondary N) is 1. The molecule has 1 atom stereocenters. The van der Waals surface area contributed by atoms with Crippen molar-refractivity contribution in [3.05, 3.63) is 122 Å². The van der Waals surface area contributed by atoms with Gasteiger partial charge in [0.2, 0.25) is 0 Å². The smallest absolute Gasteiger partial charge is 0.253 e. The van der Waals surface area contributed by atoms with E-state index in [4.69, 9.17) is 0 Å². The minimum atomic E-state index is -0.383. The molecule has 0 amide bonds. The first kappa shape index (κ1) is 22.4. The molecule has 0 aliphatic carbocycles. The molecule has 3 aromatic carbocycles. The molecular formula is C29H28N6O. The van der Waals surface area contributed by atoms with Crippen LogP contribution in [0.5, 0.6) is 0 Å². The first-order valence-electron chi connectivity index (χ1n) is 12.3. The van der Waals surface area contributed by atoms with Gasteiger partial charge in [-0.3, -0.25) is 9.69 Å². The summed E-state index contributed by atoms with van der Waals surface area (Å²) in [5, 5.41) is 13.9. The van der Waals surface area contributed by atoms with E-state index in [1.54, 1.807) is 0 Å². The highest BCUT2D eigenvalue weighted by atomic mass is 16.1. The van der Waals surface area contributed by atoms with Crippen LogP contribution >= 0.6 is 0 Å². The fourth-order valence-electron chi connectivity index (χ4n) is 5.42. The fourth-order valence-corrected chi connectivity index (χ4v) is 5.42. The molecule has 0 spiro atoms. The number of nitrogens with zero attached hydrogens (tertiary/aromatic N) is 5. The van der Waals surface area contributed by atoms with Crippen LogP contribution in [-0.2, 0) is 19.5 Å². The van der Waals surface area contributed by atoms with Crippen LogP contribution in [0.4, 0.5) is 0 Å². The molecule has 7 nitrogen and oxygen atoms in total. The van der Waals surface area contributed by atoms with Gasteiger partial charge in [0.25, 0.3) is 5.56 Å². The van der Waals surface area contributed by atoms with Crippen molar-refractivity contribution in [2.24, 2.45) is 0 Å². The number of H-pyrrole nitrogens is 1. The molecule has 3 heterocycles. The summed E-state index contributed by atoms with van der Waals surface area (Å²) in [6.45, 7) is 6.18. The Bertz CT molecular complexity index is 1600. The third kappa shape index (κ3) is 4.12. The van der Waals surface area contributed by atoms with E-state index in [0.29, 0.717) is 17.9 Å². The van der Waals surface area contributed by atoms with Crippen molar-refractivity contribution in [3.8, 4) is 0 Å². The van der Waals surface area contributed by atoms with Crippen molar-refractivity contribution >= 4 is 10.9 Å². The standard InChI is InChI=1S/C29H28N6O/c1-19-14-20(2)26-24(15-19)16-25(29(36)30-26)27(34-13-12-22-10-6-7-11-23(22)18-34)28-31-32-33-35(28)17-21-8-4-3-5-9-21/h3-11,14-16,27H,12-13,17-18H2,1-2H3,(H,30,36)/t27-/m1/s1. The second-order valence-corrected chi connectivity index (χ2v) is 9.67. The molecule has 0 fully saturated rings. The molecule has 6 rings (SSSR count). The molecule has 0 saturated heterocycles. The van der Waals surface area contributed by atoms with Crippen molar-refractivity contribution in [2.75, 3.05) is 6.54 Å². The molecular weight excluding hydrogens is 448 g/mol. The first-order chi connectivity index (χ1) is 17.6. The van der Waals surface area contributed by atoms with Crippen molar-refractivity contribution in [1.82, 2.24) is 30.1 Å². The topological polar surface area (TPSA) is 79.7 Å². The maximum atomic E-state index is 13.6. The number of benzene rings is 3. The van der Waals surface area contributed by atoms with Gasteiger partial charge in [0.05, 0.1) is 12.1 Å². The molecule has 0 bridgehead atoms. The highest BCUT2D eigenvalue weighted by Crippen LogP contribution is 2.32. The third-order valence-corrected chi connectivity index (χ3v) is 7.12. The van der Waals surface area contributed by atoms with Crippen molar-refractivity contribution in [1.29, 1.82) is 0 Å². The zero-order valence-corrected chi connectivity index (χ0v) is 20.5. The molecule has 0 saturated carbocycles. The Labute approximate surface area is 209 Å². The molecule has 1 aliphatic rings. The largest absolute Gasteiger partial charge is 0.321 e. The van der Waals surface area contributed by atoms with Gasteiger partial charge in [0.15, 0.2) is 5.82 Å². The summed E-state index contributed by atoms with van der Waals surface area (Å²) < 4.78 is 1.83. The molecule has 0 radical (unpaired) electrons. The Balaban J connectivity index is 1.50. The lowest BCUT2D eigenvalue weighted by Crippen LogP contribution is -2.38. The molecule has 36 heavy (non-hydrogen) atoms. The fraction of sp³-hybridized carbons (Fsp3) is 0.241. The number of aromatic nitrogens is 5. The third-order valence-electron chi connectivity index (χ3n) is 7.12. The summed E-state index contributed by atoms with van der Waals surface area (Å²) in [5.74, 6) is 0.674. The van der Waals surface area contributed by atoms with E-state index in [9.17, 15) is 4.79 Å². The van der Waals surface area contributed by atoms with Crippen LogP contribution in [0.3, 0.4) is 0 Å². The van der Waals surface area contributed by atoms with Crippen LogP contribution in [0.15, 0.2) is 77.6 Å². The monoisotopic (exact) mass is 476 g/mol. The average molecular weight is 477 g/mol. The Morgan fingerprint density at radius 2 is 1.75 bits per heavy atom. The Morgan fingerprint density at radius 3 is 2.58 bits per heavy atom. The number of hydrogen-bond donors (Lipinski definition) is 1. The van der Waals surface area contributed by atoms with Crippen molar-refractivity contribution in [2.45, 2.75) is 39.4 Å². The second kappa shape index (κ2) is 9.17. The Hall–Kier alpha value is -4.10. The number of aromatic amines is 1. The predicted molar refractivity (Wildman–Crippen MR) is 140 cm³/mol. The van der Waals surface area contributed by atoms with E-state index in [1.165, 1.54) is 11.1 Å².